The SMILES string of the molecule is Cc1ncc(C(C)(C)c2ccccc2)nn1. The lowest BCUT2D eigenvalue weighted by atomic mass is 9.82. The van der Waals surface area contributed by atoms with Crippen LogP contribution in [0.5, 0.6) is 0 Å². The van der Waals surface area contributed by atoms with Crippen LogP contribution < -0.4 is 0 Å². The molecule has 3 nitrogen and oxygen atoms in total. The summed E-state index contributed by atoms with van der Waals surface area (Å²) >= 11 is 0. The smallest absolute Gasteiger partial charge is 0.147 e. The molecular weight excluding hydrogens is 198 g/mol. The van der Waals surface area contributed by atoms with Crippen molar-refractivity contribution in [3.63, 3.8) is 0 Å². The van der Waals surface area contributed by atoms with Gasteiger partial charge < -0.3 is 0 Å². The molecule has 0 aliphatic carbocycles. The number of hydrogen-bond acceptors (Lipinski definition) is 3. The van der Waals surface area contributed by atoms with E-state index >= 15 is 0 Å². The van der Waals surface area contributed by atoms with E-state index in [1.54, 1.807) is 6.20 Å². The van der Waals surface area contributed by atoms with Gasteiger partial charge in [0.05, 0.1) is 11.9 Å². The Morgan fingerprint density at radius 2 is 1.69 bits per heavy atom. The van der Waals surface area contributed by atoms with Crippen LogP contribution in [0, 0.1) is 6.92 Å². The Morgan fingerprint density at radius 3 is 2.25 bits per heavy atom. The third kappa shape index (κ3) is 1.94. The van der Waals surface area contributed by atoms with Crippen molar-refractivity contribution in [3.05, 3.63) is 53.6 Å². The van der Waals surface area contributed by atoms with E-state index in [0.717, 1.165) is 5.69 Å². The van der Waals surface area contributed by atoms with Gasteiger partial charge in [0.25, 0.3) is 0 Å². The van der Waals surface area contributed by atoms with Crippen LogP contribution in [0.3, 0.4) is 0 Å². The normalized spacial score (nSPS) is 11.4. The van der Waals surface area contributed by atoms with Crippen LogP contribution in [0.1, 0.15) is 30.9 Å². The van der Waals surface area contributed by atoms with E-state index in [2.05, 4.69) is 41.2 Å². The van der Waals surface area contributed by atoms with Gasteiger partial charge in [-0.05, 0) is 12.5 Å². The van der Waals surface area contributed by atoms with E-state index in [9.17, 15) is 0 Å². The third-order valence-corrected chi connectivity index (χ3v) is 2.81. The number of aromatic nitrogens is 3. The van der Waals surface area contributed by atoms with E-state index in [-0.39, 0.29) is 5.41 Å². The molecule has 0 bridgehead atoms. The first-order valence-corrected chi connectivity index (χ1v) is 5.33. The summed E-state index contributed by atoms with van der Waals surface area (Å²) in [6.07, 6.45) is 1.80. The lowest BCUT2D eigenvalue weighted by Gasteiger charge is -2.23. The van der Waals surface area contributed by atoms with Crippen LogP contribution in [-0.2, 0) is 5.41 Å². The van der Waals surface area contributed by atoms with Gasteiger partial charge in [-0.25, -0.2) is 4.98 Å². The zero-order valence-electron chi connectivity index (χ0n) is 9.81. The lowest BCUT2D eigenvalue weighted by Crippen LogP contribution is -2.21. The van der Waals surface area contributed by atoms with Gasteiger partial charge in [-0.1, -0.05) is 44.2 Å². The highest BCUT2D eigenvalue weighted by molar-refractivity contribution is 5.31. The molecule has 0 atom stereocenters. The van der Waals surface area contributed by atoms with Gasteiger partial charge in [-0.2, -0.15) is 5.10 Å². The van der Waals surface area contributed by atoms with Crippen LogP contribution in [0.25, 0.3) is 0 Å². The zero-order valence-corrected chi connectivity index (χ0v) is 9.81. The second-order valence-electron chi connectivity index (χ2n) is 4.38. The number of nitrogens with zero attached hydrogens (tertiary/aromatic N) is 3. The van der Waals surface area contributed by atoms with E-state index in [1.807, 2.05) is 25.1 Å². The Morgan fingerprint density at radius 1 is 1.00 bits per heavy atom. The molecule has 0 saturated heterocycles. The molecule has 0 aliphatic heterocycles. The second kappa shape index (κ2) is 4.00. The first kappa shape index (κ1) is 10.7. The largest absolute Gasteiger partial charge is 0.238 e. The fraction of sp³-hybridized carbons (Fsp3) is 0.308. The minimum absolute atomic E-state index is 0.158. The van der Waals surface area contributed by atoms with Crippen molar-refractivity contribution < 1.29 is 0 Å². The van der Waals surface area contributed by atoms with Crippen LogP contribution in [0.15, 0.2) is 36.5 Å². The van der Waals surface area contributed by atoms with Gasteiger partial charge in [0.2, 0.25) is 0 Å². The summed E-state index contributed by atoms with van der Waals surface area (Å²) in [5, 5.41) is 8.22. The molecule has 2 rings (SSSR count). The predicted octanol–water partition coefficient (Wildman–Crippen LogP) is 2.51. The monoisotopic (exact) mass is 213 g/mol. The average molecular weight is 213 g/mol. The fourth-order valence-electron chi connectivity index (χ4n) is 1.62. The quantitative estimate of drug-likeness (QED) is 0.769. The molecule has 0 unspecified atom stereocenters. The van der Waals surface area contributed by atoms with E-state index in [4.69, 9.17) is 0 Å². The first-order valence-electron chi connectivity index (χ1n) is 5.33. The van der Waals surface area contributed by atoms with Crippen molar-refractivity contribution in [1.29, 1.82) is 0 Å². The molecule has 3 heteroatoms. The number of hydrogen-bond donors (Lipinski definition) is 0. The van der Waals surface area contributed by atoms with Gasteiger partial charge in [-0.15, -0.1) is 5.10 Å². The summed E-state index contributed by atoms with van der Waals surface area (Å²) < 4.78 is 0. The lowest BCUT2D eigenvalue weighted by molar-refractivity contribution is 0.594. The van der Waals surface area contributed by atoms with Crippen molar-refractivity contribution in [2.24, 2.45) is 0 Å². The van der Waals surface area contributed by atoms with Crippen LogP contribution >= 0.6 is 0 Å². The molecule has 0 N–H and O–H groups in total. The van der Waals surface area contributed by atoms with Crippen LogP contribution in [-0.4, -0.2) is 15.2 Å². The van der Waals surface area contributed by atoms with E-state index < -0.39 is 0 Å². The van der Waals surface area contributed by atoms with Crippen molar-refractivity contribution in [2.45, 2.75) is 26.2 Å². The highest BCUT2D eigenvalue weighted by atomic mass is 15.2. The maximum Gasteiger partial charge on any atom is 0.147 e. The topological polar surface area (TPSA) is 38.7 Å². The highest BCUT2D eigenvalue weighted by Crippen LogP contribution is 2.28. The summed E-state index contributed by atoms with van der Waals surface area (Å²) in [6.45, 7) is 6.10. The maximum absolute atomic E-state index is 4.21. The van der Waals surface area contributed by atoms with Crippen molar-refractivity contribution in [1.82, 2.24) is 15.2 Å². The van der Waals surface area contributed by atoms with Crippen molar-refractivity contribution in [2.75, 3.05) is 0 Å². The van der Waals surface area contributed by atoms with E-state index in [1.165, 1.54) is 5.56 Å². The van der Waals surface area contributed by atoms with E-state index in [0.29, 0.717) is 5.82 Å². The Bertz CT molecular complexity index is 460. The Kier molecular flexibility index (Phi) is 2.69. The predicted molar refractivity (Wildman–Crippen MR) is 63.1 cm³/mol. The molecular formula is C13H15N3. The van der Waals surface area contributed by atoms with Gasteiger partial charge in [0, 0.05) is 5.41 Å². The standard InChI is InChI=1S/C13H15N3/c1-10-14-9-12(16-15-10)13(2,3)11-7-5-4-6-8-11/h4-9H,1-3H3. The van der Waals surface area contributed by atoms with Crippen molar-refractivity contribution >= 4 is 0 Å². The molecule has 0 saturated carbocycles. The fourth-order valence-corrected chi connectivity index (χ4v) is 1.62. The average Bonchev–Trinajstić information content (AvgIpc) is 2.31. The molecule has 1 aromatic heterocycles. The molecule has 0 spiro atoms. The summed E-state index contributed by atoms with van der Waals surface area (Å²) in [4.78, 5) is 4.20. The zero-order chi connectivity index (χ0) is 11.6. The Hall–Kier alpha value is -1.77. The van der Waals surface area contributed by atoms with Gasteiger partial charge in [0.15, 0.2) is 0 Å². The highest BCUT2D eigenvalue weighted by Gasteiger charge is 2.25. The number of benzene rings is 1. The number of aryl methyl sites for hydroxylation is 1. The molecule has 0 fully saturated rings. The molecule has 2 aromatic rings. The first-order chi connectivity index (χ1) is 7.60. The molecule has 0 amide bonds. The molecule has 1 aromatic carbocycles. The summed E-state index contributed by atoms with van der Waals surface area (Å²) in [5.41, 5.74) is 1.95. The van der Waals surface area contributed by atoms with Gasteiger partial charge in [0.1, 0.15) is 5.82 Å². The van der Waals surface area contributed by atoms with Crippen LogP contribution in [0.2, 0.25) is 0 Å². The van der Waals surface area contributed by atoms with Gasteiger partial charge in [-0.3, -0.25) is 0 Å². The Labute approximate surface area is 95.6 Å². The maximum atomic E-state index is 4.21. The summed E-state index contributed by atoms with van der Waals surface area (Å²) in [5.74, 6) is 0.701. The molecule has 82 valence electrons. The minimum atomic E-state index is -0.158. The minimum Gasteiger partial charge on any atom is -0.238 e. The molecule has 0 aliphatic rings. The summed E-state index contributed by atoms with van der Waals surface area (Å²) in [6, 6.07) is 10.3. The van der Waals surface area contributed by atoms with Crippen LogP contribution in [0.4, 0.5) is 0 Å². The third-order valence-electron chi connectivity index (χ3n) is 2.81. The van der Waals surface area contributed by atoms with Crippen molar-refractivity contribution in [3.8, 4) is 0 Å². The molecule has 16 heavy (non-hydrogen) atoms. The molecule has 1 heterocycles. The summed E-state index contributed by atoms with van der Waals surface area (Å²) in [7, 11) is 0. The molecule has 0 radical (unpaired) electrons. The number of rotatable bonds is 2. The van der Waals surface area contributed by atoms with Gasteiger partial charge >= 0.3 is 0 Å². The second-order valence-corrected chi connectivity index (χ2v) is 4.38. The Balaban J connectivity index is 2.43.